The lowest BCUT2D eigenvalue weighted by molar-refractivity contribution is 0.0995. The summed E-state index contributed by atoms with van der Waals surface area (Å²) in [5.41, 5.74) is 4.24. The molecule has 0 aliphatic carbocycles. The Balaban J connectivity index is 2.09. The summed E-state index contributed by atoms with van der Waals surface area (Å²) in [6, 6.07) is 8.95. The number of benzene rings is 2. The summed E-state index contributed by atoms with van der Waals surface area (Å²) in [6.07, 6.45) is 0. The van der Waals surface area contributed by atoms with Crippen LogP contribution in [0.2, 0.25) is 0 Å². The molecule has 0 fully saturated rings. The van der Waals surface area contributed by atoms with Crippen LogP contribution in [0.15, 0.2) is 63.0 Å². The maximum absolute atomic E-state index is 13.8. The quantitative estimate of drug-likeness (QED) is 0.616. The molecule has 3 rings (SSSR count). The van der Waals surface area contributed by atoms with Gasteiger partial charge in [-0.25, -0.2) is 17.2 Å². The Morgan fingerprint density at radius 3 is 2.39 bits per heavy atom. The van der Waals surface area contributed by atoms with Crippen molar-refractivity contribution in [3.05, 3.63) is 76.7 Å². The molecule has 2 amide bonds. The van der Waals surface area contributed by atoms with Crippen LogP contribution in [0.25, 0.3) is 0 Å². The molecule has 0 radical (unpaired) electrons. The van der Waals surface area contributed by atoms with Gasteiger partial charge in [-0.2, -0.15) is 0 Å². The zero-order valence-electron chi connectivity index (χ0n) is 14.0. The molecule has 0 bridgehead atoms. The highest BCUT2D eigenvalue weighted by molar-refractivity contribution is 7.93. The number of halogens is 2. The number of carbonyl (C=O) groups is 2. The van der Waals surface area contributed by atoms with E-state index in [1.807, 2.05) is 0 Å². The first-order valence-corrected chi connectivity index (χ1v) is 10.1. The van der Waals surface area contributed by atoms with Gasteiger partial charge in [-0.15, -0.1) is 11.3 Å². The number of hydrogen-bond donors (Lipinski definition) is 2. The minimum atomic E-state index is -4.31. The summed E-state index contributed by atoms with van der Waals surface area (Å²) in [6.45, 7) is 0. The van der Waals surface area contributed by atoms with E-state index in [1.165, 1.54) is 29.6 Å². The topological polar surface area (TPSA) is 106 Å². The molecule has 0 unspecified atom stereocenters. The third kappa shape index (κ3) is 3.64. The highest BCUT2D eigenvalue weighted by Crippen LogP contribution is 2.33. The monoisotopic (exact) mass is 422 g/mol. The standard InChI is InChI=1S/C18H12F2N2O4S2/c19-10-5-6-15(28(25,26)18-12(16(21)23)7-8-27-18)14(9-10)22-17(24)11-3-1-2-4-13(11)20/h1-9H,(H2,21,23)(H,22,24). The van der Waals surface area contributed by atoms with Gasteiger partial charge >= 0.3 is 0 Å². The maximum Gasteiger partial charge on any atom is 0.258 e. The van der Waals surface area contributed by atoms with Gasteiger partial charge in [0.15, 0.2) is 0 Å². The predicted octanol–water partition coefficient (Wildman–Crippen LogP) is 3.21. The Morgan fingerprint density at radius 1 is 1.00 bits per heavy atom. The van der Waals surface area contributed by atoms with Gasteiger partial charge in [-0.05, 0) is 41.8 Å². The zero-order valence-corrected chi connectivity index (χ0v) is 15.6. The normalized spacial score (nSPS) is 11.2. The van der Waals surface area contributed by atoms with Gasteiger partial charge in [0.25, 0.3) is 11.8 Å². The van der Waals surface area contributed by atoms with Crippen LogP contribution in [0.1, 0.15) is 20.7 Å². The summed E-state index contributed by atoms with van der Waals surface area (Å²) >= 11 is 0.755. The van der Waals surface area contributed by atoms with Gasteiger partial charge in [0, 0.05) is 0 Å². The average Bonchev–Trinajstić information content (AvgIpc) is 3.13. The first-order chi connectivity index (χ1) is 13.2. The van der Waals surface area contributed by atoms with Crippen molar-refractivity contribution in [2.75, 3.05) is 5.32 Å². The summed E-state index contributed by atoms with van der Waals surface area (Å²) in [7, 11) is -4.31. The van der Waals surface area contributed by atoms with Crippen LogP contribution >= 0.6 is 11.3 Å². The van der Waals surface area contributed by atoms with E-state index in [-0.39, 0.29) is 15.3 Å². The summed E-state index contributed by atoms with van der Waals surface area (Å²) in [4.78, 5) is 23.4. The van der Waals surface area contributed by atoms with Gasteiger partial charge in [0.1, 0.15) is 15.8 Å². The number of anilines is 1. The minimum Gasteiger partial charge on any atom is -0.366 e. The van der Waals surface area contributed by atoms with Crippen molar-refractivity contribution in [1.82, 2.24) is 0 Å². The SMILES string of the molecule is NC(=O)c1ccsc1S(=O)(=O)c1ccc(F)cc1NC(=O)c1ccccc1F. The first kappa shape index (κ1) is 19.6. The van der Waals surface area contributed by atoms with E-state index in [9.17, 15) is 26.8 Å². The molecule has 10 heteroatoms. The number of nitrogens with two attached hydrogens (primary N) is 1. The highest BCUT2D eigenvalue weighted by atomic mass is 32.2. The molecule has 6 nitrogen and oxygen atoms in total. The van der Waals surface area contributed by atoms with Gasteiger partial charge in [0.2, 0.25) is 9.84 Å². The second-order valence-electron chi connectivity index (χ2n) is 5.56. The Morgan fingerprint density at radius 2 is 1.71 bits per heavy atom. The molecule has 2 aromatic carbocycles. The molecule has 0 atom stereocenters. The summed E-state index contributed by atoms with van der Waals surface area (Å²) in [5, 5.41) is 3.58. The second-order valence-corrected chi connectivity index (χ2v) is 8.59. The van der Waals surface area contributed by atoms with Gasteiger partial charge in [-0.3, -0.25) is 9.59 Å². The lowest BCUT2D eigenvalue weighted by Gasteiger charge is -2.12. The van der Waals surface area contributed by atoms with Gasteiger partial charge < -0.3 is 11.1 Å². The number of carbonyl (C=O) groups excluding carboxylic acids is 2. The molecule has 28 heavy (non-hydrogen) atoms. The molecule has 144 valence electrons. The number of hydrogen-bond acceptors (Lipinski definition) is 5. The number of thiophene rings is 1. The van der Waals surface area contributed by atoms with Crippen LogP contribution in [0, 0.1) is 11.6 Å². The van der Waals surface area contributed by atoms with Crippen LogP contribution in [0.5, 0.6) is 0 Å². The van der Waals surface area contributed by atoms with Crippen molar-refractivity contribution in [2.45, 2.75) is 9.10 Å². The van der Waals surface area contributed by atoms with Gasteiger partial charge in [0.05, 0.1) is 21.7 Å². The Kier molecular flexibility index (Phi) is 5.25. The molecule has 0 aliphatic heterocycles. The molecular weight excluding hydrogens is 410 g/mol. The number of amides is 2. The van der Waals surface area contributed by atoms with E-state index < -0.39 is 43.9 Å². The van der Waals surface area contributed by atoms with Crippen molar-refractivity contribution < 1.29 is 26.8 Å². The highest BCUT2D eigenvalue weighted by Gasteiger charge is 2.28. The predicted molar refractivity (Wildman–Crippen MR) is 99.0 cm³/mol. The van der Waals surface area contributed by atoms with Crippen LogP contribution in [0.3, 0.4) is 0 Å². The van der Waals surface area contributed by atoms with Crippen molar-refractivity contribution in [3.63, 3.8) is 0 Å². The van der Waals surface area contributed by atoms with Crippen LogP contribution in [-0.2, 0) is 9.84 Å². The molecule has 0 saturated heterocycles. The molecule has 3 aromatic rings. The number of sulfone groups is 1. The van der Waals surface area contributed by atoms with Crippen LogP contribution < -0.4 is 11.1 Å². The smallest absolute Gasteiger partial charge is 0.258 e. The van der Waals surface area contributed by atoms with Crippen molar-refractivity contribution >= 4 is 38.7 Å². The molecule has 3 N–H and O–H groups in total. The van der Waals surface area contributed by atoms with Crippen molar-refractivity contribution in [2.24, 2.45) is 5.73 Å². The maximum atomic E-state index is 13.8. The fraction of sp³-hybridized carbons (Fsp3) is 0. The van der Waals surface area contributed by atoms with E-state index >= 15 is 0 Å². The Hall–Kier alpha value is -3.11. The molecule has 0 spiro atoms. The van der Waals surface area contributed by atoms with Gasteiger partial charge in [-0.1, -0.05) is 12.1 Å². The summed E-state index contributed by atoms with van der Waals surface area (Å²) in [5.74, 6) is -3.54. The lowest BCUT2D eigenvalue weighted by Crippen LogP contribution is -2.18. The van der Waals surface area contributed by atoms with E-state index in [1.54, 1.807) is 0 Å². The third-order valence-electron chi connectivity index (χ3n) is 3.74. The molecule has 0 aliphatic rings. The summed E-state index contributed by atoms with van der Waals surface area (Å²) < 4.78 is 53.2. The van der Waals surface area contributed by atoms with Crippen molar-refractivity contribution in [3.8, 4) is 0 Å². The number of rotatable bonds is 5. The largest absolute Gasteiger partial charge is 0.366 e. The van der Waals surface area contributed by atoms with Crippen molar-refractivity contribution in [1.29, 1.82) is 0 Å². The molecule has 0 saturated carbocycles. The first-order valence-electron chi connectivity index (χ1n) is 7.69. The zero-order chi connectivity index (χ0) is 20.5. The fourth-order valence-corrected chi connectivity index (χ4v) is 5.33. The van der Waals surface area contributed by atoms with Crippen LogP contribution in [0.4, 0.5) is 14.5 Å². The molecule has 1 heterocycles. The average molecular weight is 422 g/mol. The number of primary amides is 1. The third-order valence-corrected chi connectivity index (χ3v) is 7.03. The van der Waals surface area contributed by atoms with E-state index in [2.05, 4.69) is 5.32 Å². The van der Waals surface area contributed by atoms with E-state index in [0.29, 0.717) is 0 Å². The molecular formula is C18H12F2N2O4S2. The van der Waals surface area contributed by atoms with Crippen LogP contribution in [-0.4, -0.2) is 20.2 Å². The fourth-order valence-electron chi connectivity index (χ4n) is 2.46. The second kappa shape index (κ2) is 7.49. The minimum absolute atomic E-state index is 0.222. The van der Waals surface area contributed by atoms with E-state index in [0.717, 1.165) is 35.6 Å². The Bertz CT molecular complexity index is 1190. The molecule has 1 aromatic heterocycles. The lowest BCUT2D eigenvalue weighted by atomic mass is 10.2. The van der Waals surface area contributed by atoms with E-state index in [4.69, 9.17) is 5.73 Å². The Labute approximate surface area is 162 Å². The number of nitrogens with one attached hydrogen (secondary N) is 1.